The van der Waals surface area contributed by atoms with Gasteiger partial charge in [0.2, 0.25) is 0 Å². The van der Waals surface area contributed by atoms with Crippen molar-refractivity contribution in [3.63, 3.8) is 0 Å². The molecule has 1 saturated carbocycles. The largest absolute Gasteiger partial charge is 0.483 e. The molecule has 2 fully saturated rings. The van der Waals surface area contributed by atoms with Crippen molar-refractivity contribution in [2.75, 3.05) is 26.2 Å². The molecule has 2 aliphatic heterocycles. The van der Waals surface area contributed by atoms with Crippen LogP contribution in [0.3, 0.4) is 0 Å². The maximum atomic E-state index is 13.2. The minimum atomic E-state index is -0.968. The van der Waals surface area contributed by atoms with E-state index in [1.807, 2.05) is 12.1 Å². The van der Waals surface area contributed by atoms with Gasteiger partial charge in [0.15, 0.2) is 11.5 Å². The van der Waals surface area contributed by atoms with Crippen molar-refractivity contribution >= 4 is 5.97 Å². The highest BCUT2D eigenvalue weighted by molar-refractivity contribution is 5.72. The molecule has 6 heteroatoms. The quantitative estimate of drug-likeness (QED) is 0.0581. The topological polar surface area (TPSA) is 62.2 Å². The van der Waals surface area contributed by atoms with Crippen LogP contribution in [-0.4, -0.2) is 70.8 Å². The van der Waals surface area contributed by atoms with Gasteiger partial charge in [0, 0.05) is 43.6 Å². The molecule has 1 spiro atoms. The van der Waals surface area contributed by atoms with E-state index in [1.165, 1.54) is 42.0 Å². The molecule has 1 N–H and O–H groups in total. The number of carbonyl (C=O) groups excluding carboxylic acids is 1. The molecule has 2 heterocycles. The molecule has 6 nitrogen and oxygen atoms in total. The Hall–Kier alpha value is -4.23. The molecule has 0 amide bonds. The van der Waals surface area contributed by atoms with E-state index >= 15 is 0 Å². The highest BCUT2D eigenvalue weighted by Crippen LogP contribution is 2.66. The van der Waals surface area contributed by atoms with Crippen LogP contribution in [0, 0.1) is 0 Å². The zero-order valence-electron chi connectivity index (χ0n) is 31.2. The summed E-state index contributed by atoms with van der Waals surface area (Å²) < 4.78 is 13.1. The van der Waals surface area contributed by atoms with Crippen molar-refractivity contribution in [2.45, 2.75) is 99.8 Å². The van der Waals surface area contributed by atoms with Gasteiger partial charge in [-0.3, -0.25) is 14.6 Å². The van der Waals surface area contributed by atoms with Gasteiger partial charge in [0.1, 0.15) is 6.10 Å². The summed E-state index contributed by atoms with van der Waals surface area (Å²) >= 11 is 0. The van der Waals surface area contributed by atoms with E-state index in [2.05, 4.69) is 113 Å². The van der Waals surface area contributed by atoms with Gasteiger partial charge in [0.25, 0.3) is 0 Å². The standard InChI is InChI=1S/C47H54N2O4/c1-3-29-48-31-28-46-43-38-24-25-41(52-34(2)50)44(43)53-45(46)40(26-27-47(46,51)42(48)32-38)49(30-16-5-4-9-17-35-18-10-6-11-19-35)33-39(36-20-12-7-13-21-36)37-22-14-8-15-23-37/h3,6-8,10-15,18-25,39-40,42,45,51H,1,4-5,9,16-17,26-33H2,2H3/t40-,42-,45+,46+,47-/m1/s1. The molecule has 4 aromatic rings. The Balaban J connectivity index is 1.15. The molecule has 1 saturated heterocycles. The van der Waals surface area contributed by atoms with Gasteiger partial charge in [-0.25, -0.2) is 0 Å². The molecule has 53 heavy (non-hydrogen) atoms. The lowest BCUT2D eigenvalue weighted by Gasteiger charge is -2.65. The maximum absolute atomic E-state index is 13.2. The predicted molar refractivity (Wildman–Crippen MR) is 211 cm³/mol. The van der Waals surface area contributed by atoms with Crippen LogP contribution in [0.15, 0.2) is 116 Å². The Labute approximate surface area is 315 Å². The van der Waals surface area contributed by atoms with Gasteiger partial charge in [-0.2, -0.15) is 0 Å². The van der Waals surface area contributed by atoms with E-state index in [0.29, 0.717) is 17.9 Å². The number of esters is 1. The summed E-state index contributed by atoms with van der Waals surface area (Å²) in [5.74, 6) is 0.968. The Morgan fingerprint density at radius 2 is 1.62 bits per heavy atom. The zero-order chi connectivity index (χ0) is 36.4. The molecule has 276 valence electrons. The number of aryl methyl sites for hydroxylation is 1. The lowest BCUT2D eigenvalue weighted by atomic mass is 9.48. The first-order valence-corrected chi connectivity index (χ1v) is 19.9. The number of rotatable bonds is 15. The van der Waals surface area contributed by atoms with E-state index in [4.69, 9.17) is 9.47 Å². The summed E-state index contributed by atoms with van der Waals surface area (Å²) in [4.78, 5) is 17.5. The number of likely N-dealkylation sites (tertiary alicyclic amines) is 1. The summed E-state index contributed by atoms with van der Waals surface area (Å²) in [5.41, 5.74) is 4.76. The van der Waals surface area contributed by atoms with Crippen LogP contribution in [0.25, 0.3) is 0 Å². The van der Waals surface area contributed by atoms with Crippen molar-refractivity contribution in [2.24, 2.45) is 0 Å². The lowest BCUT2D eigenvalue weighted by Crippen LogP contribution is -2.78. The minimum Gasteiger partial charge on any atom is -0.483 e. The van der Waals surface area contributed by atoms with Crippen molar-refractivity contribution in [3.05, 3.63) is 144 Å². The van der Waals surface area contributed by atoms with E-state index in [9.17, 15) is 9.90 Å². The van der Waals surface area contributed by atoms with E-state index in [1.54, 1.807) is 0 Å². The SMILES string of the molecule is C=CCN1CC[C@]23c4c5ccc(OC(C)=O)c4O[C@H]2[C@H](N(CCCCCCc2ccccc2)CC(c2ccccc2)c2ccccc2)CC[C@@]3(O)[C@H]1C5. The number of hydrogen-bond donors (Lipinski definition) is 1. The third kappa shape index (κ3) is 6.53. The number of aliphatic hydroxyl groups is 1. The molecule has 0 aromatic heterocycles. The molecule has 5 atom stereocenters. The molecule has 8 rings (SSSR count). The molecule has 2 bridgehead atoms. The number of hydrogen-bond acceptors (Lipinski definition) is 6. The van der Waals surface area contributed by atoms with Crippen LogP contribution in [0.4, 0.5) is 0 Å². The van der Waals surface area contributed by atoms with Gasteiger partial charge in [0.05, 0.1) is 11.0 Å². The highest BCUT2D eigenvalue weighted by Gasteiger charge is 2.73. The third-order valence-electron chi connectivity index (χ3n) is 12.9. The summed E-state index contributed by atoms with van der Waals surface area (Å²) in [5, 5.41) is 13.2. The smallest absolute Gasteiger partial charge is 0.308 e. The fraction of sp³-hybridized carbons (Fsp3) is 0.426. The predicted octanol–water partition coefficient (Wildman–Crippen LogP) is 8.26. The second-order valence-electron chi connectivity index (χ2n) is 15.8. The van der Waals surface area contributed by atoms with E-state index < -0.39 is 11.0 Å². The molecule has 4 aromatic carbocycles. The second kappa shape index (κ2) is 15.3. The summed E-state index contributed by atoms with van der Waals surface area (Å²) in [6.07, 6.45) is 10.5. The van der Waals surface area contributed by atoms with Gasteiger partial charge in [-0.05, 0) is 86.4 Å². The van der Waals surface area contributed by atoms with Gasteiger partial charge < -0.3 is 14.6 Å². The van der Waals surface area contributed by atoms with Gasteiger partial charge in [-0.15, -0.1) is 6.58 Å². The monoisotopic (exact) mass is 710 g/mol. The fourth-order valence-corrected chi connectivity index (χ4v) is 10.6. The van der Waals surface area contributed by atoms with Crippen LogP contribution in [0.1, 0.15) is 85.6 Å². The number of piperidine rings is 1. The van der Waals surface area contributed by atoms with Crippen LogP contribution in [0.5, 0.6) is 11.5 Å². The Kier molecular flexibility index (Phi) is 10.3. The Morgan fingerprint density at radius 1 is 0.943 bits per heavy atom. The Morgan fingerprint density at radius 3 is 2.30 bits per heavy atom. The van der Waals surface area contributed by atoms with Crippen molar-refractivity contribution in [3.8, 4) is 11.5 Å². The third-order valence-corrected chi connectivity index (χ3v) is 12.9. The molecule has 4 aliphatic rings. The van der Waals surface area contributed by atoms with Gasteiger partial charge in [-0.1, -0.05) is 116 Å². The van der Waals surface area contributed by atoms with Crippen molar-refractivity contribution in [1.82, 2.24) is 9.80 Å². The molecule has 2 aliphatic carbocycles. The first-order valence-electron chi connectivity index (χ1n) is 19.9. The maximum Gasteiger partial charge on any atom is 0.308 e. The second-order valence-corrected chi connectivity index (χ2v) is 15.8. The summed E-state index contributed by atoms with van der Waals surface area (Å²) in [6, 6.07) is 36.7. The molecule has 0 unspecified atom stereocenters. The van der Waals surface area contributed by atoms with Crippen molar-refractivity contribution < 1.29 is 19.4 Å². The van der Waals surface area contributed by atoms with E-state index in [-0.39, 0.29) is 30.1 Å². The lowest BCUT2D eigenvalue weighted by molar-refractivity contribution is -0.198. The van der Waals surface area contributed by atoms with Crippen molar-refractivity contribution in [1.29, 1.82) is 0 Å². The number of carbonyl (C=O) groups is 1. The van der Waals surface area contributed by atoms with Gasteiger partial charge >= 0.3 is 5.97 Å². The first kappa shape index (κ1) is 35.8. The Bertz CT molecular complexity index is 1840. The normalized spacial score (nSPS) is 25.5. The van der Waals surface area contributed by atoms with Crippen LogP contribution < -0.4 is 9.47 Å². The number of nitrogens with zero attached hydrogens (tertiary/aromatic N) is 2. The molecular weight excluding hydrogens is 657 g/mol. The summed E-state index contributed by atoms with van der Waals surface area (Å²) in [7, 11) is 0. The minimum absolute atomic E-state index is 0.0289. The molecular formula is C47H54N2O4. The van der Waals surface area contributed by atoms with Crippen LogP contribution >= 0.6 is 0 Å². The number of unbranched alkanes of at least 4 members (excludes halogenated alkanes) is 3. The van der Waals surface area contributed by atoms with Crippen LogP contribution in [0.2, 0.25) is 0 Å². The number of benzene rings is 4. The number of ether oxygens (including phenoxy) is 2. The highest BCUT2D eigenvalue weighted by atomic mass is 16.6. The summed E-state index contributed by atoms with van der Waals surface area (Å²) in [6.45, 7) is 8.93. The zero-order valence-corrected chi connectivity index (χ0v) is 31.2. The average molecular weight is 711 g/mol. The first-order chi connectivity index (χ1) is 25.9. The van der Waals surface area contributed by atoms with E-state index in [0.717, 1.165) is 70.3 Å². The fourth-order valence-electron chi connectivity index (χ4n) is 10.6. The average Bonchev–Trinajstić information content (AvgIpc) is 3.53. The molecule has 0 radical (unpaired) electrons. The van der Waals surface area contributed by atoms with Crippen LogP contribution in [-0.2, 0) is 23.1 Å².